The molecule has 98 valence electrons. The van der Waals surface area contributed by atoms with Crippen molar-refractivity contribution in [3.8, 4) is 0 Å². The molecule has 0 atom stereocenters. The van der Waals surface area contributed by atoms with Gasteiger partial charge in [-0.05, 0) is 31.7 Å². The van der Waals surface area contributed by atoms with Crippen LogP contribution in [0.25, 0.3) is 0 Å². The molecule has 0 saturated heterocycles. The van der Waals surface area contributed by atoms with Gasteiger partial charge in [-0.25, -0.2) is 9.78 Å². The average Bonchev–Trinajstić information content (AvgIpc) is 2.81. The molecule has 0 saturated carbocycles. The Morgan fingerprint density at radius 1 is 1.37 bits per heavy atom. The highest BCUT2D eigenvalue weighted by molar-refractivity contribution is 7.15. The fourth-order valence-electron chi connectivity index (χ4n) is 2.20. The van der Waals surface area contributed by atoms with Crippen molar-refractivity contribution in [1.82, 2.24) is 9.97 Å². The number of nitrogens with zero attached hydrogens (tertiary/aromatic N) is 2. The van der Waals surface area contributed by atoms with Gasteiger partial charge >= 0.3 is 5.97 Å². The van der Waals surface area contributed by atoms with Crippen LogP contribution in [0.3, 0.4) is 0 Å². The molecule has 0 amide bonds. The number of carbonyl (C=O) groups is 1. The number of aromatic carboxylic acids is 1. The Labute approximate surface area is 114 Å². The number of pyridine rings is 1. The van der Waals surface area contributed by atoms with Gasteiger partial charge < -0.3 is 10.4 Å². The smallest absolute Gasteiger partial charge is 0.337 e. The molecule has 1 aliphatic carbocycles. The fourth-order valence-corrected chi connectivity index (χ4v) is 3.26. The summed E-state index contributed by atoms with van der Waals surface area (Å²) in [5.74, 6) is -0.966. The van der Waals surface area contributed by atoms with Crippen LogP contribution in [0.15, 0.2) is 18.5 Å². The molecule has 2 N–H and O–H groups in total. The lowest BCUT2D eigenvalue weighted by Crippen LogP contribution is -2.03. The minimum Gasteiger partial charge on any atom is -0.478 e. The van der Waals surface area contributed by atoms with E-state index in [0.717, 1.165) is 23.7 Å². The van der Waals surface area contributed by atoms with Crippen LogP contribution in [0.1, 0.15) is 33.8 Å². The molecule has 5 nitrogen and oxygen atoms in total. The van der Waals surface area contributed by atoms with Crippen LogP contribution < -0.4 is 5.32 Å². The molecule has 2 aromatic rings. The van der Waals surface area contributed by atoms with Gasteiger partial charge in [-0.3, -0.25) is 4.98 Å². The predicted molar refractivity (Wildman–Crippen MR) is 73.2 cm³/mol. The molecule has 2 aromatic heterocycles. The van der Waals surface area contributed by atoms with Crippen LogP contribution >= 0.6 is 11.3 Å². The molecule has 6 heteroatoms. The molecule has 0 radical (unpaired) electrons. The average molecular weight is 275 g/mol. The number of fused-ring (bicyclic) bond motifs is 1. The molecule has 2 heterocycles. The summed E-state index contributed by atoms with van der Waals surface area (Å²) in [4.78, 5) is 20.9. The van der Waals surface area contributed by atoms with E-state index in [2.05, 4.69) is 15.3 Å². The Hall–Kier alpha value is -1.95. The maximum absolute atomic E-state index is 11.1. The quantitative estimate of drug-likeness (QED) is 0.901. The monoisotopic (exact) mass is 275 g/mol. The van der Waals surface area contributed by atoms with Crippen LogP contribution in [0.2, 0.25) is 0 Å². The van der Waals surface area contributed by atoms with Crippen LogP contribution in [-0.4, -0.2) is 21.0 Å². The summed E-state index contributed by atoms with van der Waals surface area (Å²) in [5, 5.41) is 12.9. The van der Waals surface area contributed by atoms with E-state index >= 15 is 0 Å². The SMILES string of the molecule is O=C(O)c1ccncc1Nc1nc2c(s1)CCCC2. The zero-order valence-electron chi connectivity index (χ0n) is 10.2. The van der Waals surface area contributed by atoms with Gasteiger partial charge in [-0.1, -0.05) is 0 Å². The normalized spacial score (nSPS) is 13.9. The van der Waals surface area contributed by atoms with E-state index < -0.39 is 5.97 Å². The molecular weight excluding hydrogens is 262 g/mol. The maximum Gasteiger partial charge on any atom is 0.337 e. The fraction of sp³-hybridized carbons (Fsp3) is 0.308. The highest BCUT2D eigenvalue weighted by atomic mass is 32.1. The van der Waals surface area contributed by atoms with Gasteiger partial charge in [0.2, 0.25) is 0 Å². The van der Waals surface area contributed by atoms with E-state index in [9.17, 15) is 4.79 Å². The lowest BCUT2D eigenvalue weighted by Gasteiger charge is -2.06. The summed E-state index contributed by atoms with van der Waals surface area (Å²) in [6, 6.07) is 1.48. The van der Waals surface area contributed by atoms with Gasteiger partial charge in [0.25, 0.3) is 0 Å². The minimum absolute atomic E-state index is 0.211. The third-order valence-corrected chi connectivity index (χ3v) is 4.21. The van der Waals surface area contributed by atoms with Crippen molar-refractivity contribution in [2.75, 3.05) is 5.32 Å². The maximum atomic E-state index is 11.1. The summed E-state index contributed by atoms with van der Waals surface area (Å²) in [7, 11) is 0. The molecule has 19 heavy (non-hydrogen) atoms. The van der Waals surface area contributed by atoms with Gasteiger partial charge in [0, 0.05) is 11.1 Å². The van der Waals surface area contributed by atoms with Gasteiger partial charge in [0.1, 0.15) is 0 Å². The Morgan fingerprint density at radius 2 is 2.21 bits per heavy atom. The van der Waals surface area contributed by atoms with Gasteiger partial charge in [-0.2, -0.15) is 0 Å². The summed E-state index contributed by atoms with van der Waals surface area (Å²) in [5.41, 5.74) is 1.85. The number of anilines is 2. The lowest BCUT2D eigenvalue weighted by atomic mass is 10.0. The summed E-state index contributed by atoms with van der Waals surface area (Å²) in [6.07, 6.45) is 7.48. The first-order valence-electron chi connectivity index (χ1n) is 6.17. The van der Waals surface area contributed by atoms with Gasteiger partial charge in [0.05, 0.1) is 23.1 Å². The number of carboxylic acids is 1. The van der Waals surface area contributed by atoms with Gasteiger partial charge in [0.15, 0.2) is 5.13 Å². The summed E-state index contributed by atoms with van der Waals surface area (Å²) >= 11 is 1.61. The first-order valence-corrected chi connectivity index (χ1v) is 6.98. The Kier molecular flexibility index (Phi) is 3.16. The molecule has 0 aromatic carbocycles. The Balaban J connectivity index is 1.89. The number of thiazole rings is 1. The van der Waals surface area contributed by atoms with E-state index in [4.69, 9.17) is 5.11 Å². The van der Waals surface area contributed by atoms with Crippen molar-refractivity contribution < 1.29 is 9.90 Å². The van der Waals surface area contributed by atoms with Crippen LogP contribution in [-0.2, 0) is 12.8 Å². The third-order valence-electron chi connectivity index (χ3n) is 3.14. The predicted octanol–water partition coefficient (Wildman–Crippen LogP) is 2.86. The van der Waals surface area contributed by atoms with Crippen molar-refractivity contribution in [1.29, 1.82) is 0 Å². The zero-order valence-corrected chi connectivity index (χ0v) is 11.0. The second kappa shape index (κ2) is 4.97. The first-order chi connectivity index (χ1) is 9.24. The summed E-state index contributed by atoms with van der Waals surface area (Å²) in [6.45, 7) is 0. The Morgan fingerprint density at radius 3 is 3.00 bits per heavy atom. The second-order valence-corrected chi connectivity index (χ2v) is 5.53. The van der Waals surface area contributed by atoms with Crippen molar-refractivity contribution >= 4 is 28.1 Å². The van der Waals surface area contributed by atoms with Crippen LogP contribution in [0.5, 0.6) is 0 Å². The molecule has 0 unspecified atom stereocenters. The van der Waals surface area contributed by atoms with E-state index in [-0.39, 0.29) is 5.56 Å². The molecule has 0 fully saturated rings. The number of hydrogen-bond donors (Lipinski definition) is 2. The topological polar surface area (TPSA) is 75.1 Å². The molecule has 0 bridgehead atoms. The zero-order chi connectivity index (χ0) is 13.2. The van der Waals surface area contributed by atoms with Gasteiger partial charge in [-0.15, -0.1) is 11.3 Å². The number of hydrogen-bond acceptors (Lipinski definition) is 5. The van der Waals surface area contributed by atoms with Crippen LogP contribution in [0, 0.1) is 0 Å². The molecule has 3 rings (SSSR count). The number of carboxylic acid groups (broad SMARTS) is 1. The molecule has 0 spiro atoms. The molecule has 1 aliphatic rings. The Bertz CT molecular complexity index is 601. The number of nitrogens with one attached hydrogen (secondary N) is 1. The second-order valence-electron chi connectivity index (χ2n) is 4.45. The van der Waals surface area contributed by atoms with Crippen molar-refractivity contribution in [3.63, 3.8) is 0 Å². The van der Waals surface area contributed by atoms with E-state index in [1.807, 2.05) is 0 Å². The van der Waals surface area contributed by atoms with E-state index in [1.165, 1.54) is 36.2 Å². The molecular formula is C13H13N3O2S. The minimum atomic E-state index is -0.966. The third kappa shape index (κ3) is 2.44. The number of aryl methyl sites for hydroxylation is 2. The largest absolute Gasteiger partial charge is 0.478 e. The van der Waals surface area contributed by atoms with E-state index in [0.29, 0.717) is 5.69 Å². The van der Waals surface area contributed by atoms with Crippen LogP contribution in [0.4, 0.5) is 10.8 Å². The van der Waals surface area contributed by atoms with E-state index in [1.54, 1.807) is 11.3 Å². The highest BCUT2D eigenvalue weighted by Gasteiger charge is 2.16. The number of aromatic nitrogens is 2. The standard InChI is InChI=1S/C13H13N3O2S/c17-12(18)8-5-6-14-7-10(8)16-13-15-9-3-1-2-4-11(9)19-13/h5-7H,1-4H2,(H,15,16)(H,17,18). The lowest BCUT2D eigenvalue weighted by molar-refractivity contribution is 0.0698. The summed E-state index contributed by atoms with van der Waals surface area (Å²) < 4.78 is 0. The number of rotatable bonds is 3. The van der Waals surface area contributed by atoms with Crippen molar-refractivity contribution in [2.24, 2.45) is 0 Å². The first kappa shape index (κ1) is 12.1. The van der Waals surface area contributed by atoms with Crippen molar-refractivity contribution in [3.05, 3.63) is 34.6 Å². The molecule has 0 aliphatic heterocycles. The highest BCUT2D eigenvalue weighted by Crippen LogP contribution is 2.31. The van der Waals surface area contributed by atoms with Crippen molar-refractivity contribution in [2.45, 2.75) is 25.7 Å².